The second-order valence-electron chi connectivity index (χ2n) is 11.4. The van der Waals surface area contributed by atoms with Crippen LogP contribution in [0.15, 0.2) is 30.3 Å². The van der Waals surface area contributed by atoms with Gasteiger partial charge in [-0.05, 0) is 31.2 Å². The highest BCUT2D eigenvalue weighted by molar-refractivity contribution is 5.72. The van der Waals surface area contributed by atoms with Crippen molar-refractivity contribution in [3.8, 4) is 0 Å². The molecular formula is C35H62O2. The number of hydrogen-bond acceptors (Lipinski definition) is 2. The molecule has 0 spiro atoms. The molecule has 0 N–H and O–H groups in total. The highest BCUT2D eigenvalue weighted by Crippen LogP contribution is 2.28. The molecule has 1 rings (SSSR count). The number of carbonyl (C=O) groups is 1. The average Bonchev–Trinajstić information content (AvgIpc) is 2.92. The van der Waals surface area contributed by atoms with Crippen LogP contribution in [-0.4, -0.2) is 5.97 Å². The molecule has 2 unspecified atom stereocenters. The number of rotatable bonds is 26. The molecule has 0 aliphatic carbocycles. The second-order valence-corrected chi connectivity index (χ2v) is 11.4. The first kappa shape index (κ1) is 33.7. The Labute approximate surface area is 231 Å². The summed E-state index contributed by atoms with van der Waals surface area (Å²) in [6.07, 6.45) is 28.9. The molecule has 1 aromatic carbocycles. The van der Waals surface area contributed by atoms with Gasteiger partial charge in [0.05, 0.1) is 5.92 Å². The predicted molar refractivity (Wildman–Crippen MR) is 162 cm³/mol. The highest BCUT2D eigenvalue weighted by Gasteiger charge is 2.24. The van der Waals surface area contributed by atoms with E-state index in [4.69, 9.17) is 4.74 Å². The maximum absolute atomic E-state index is 13.4. The minimum Gasteiger partial charge on any atom is -0.457 e. The molecule has 214 valence electrons. The highest BCUT2D eigenvalue weighted by atomic mass is 16.5. The molecule has 2 atom stereocenters. The van der Waals surface area contributed by atoms with Crippen LogP contribution < -0.4 is 0 Å². The first-order valence-electron chi connectivity index (χ1n) is 16.5. The average molecular weight is 515 g/mol. The predicted octanol–water partition coefficient (Wildman–Crippen LogP) is 11.9. The topological polar surface area (TPSA) is 26.3 Å². The molecule has 0 amide bonds. The van der Waals surface area contributed by atoms with E-state index in [9.17, 15) is 4.79 Å². The third-order valence-electron chi connectivity index (χ3n) is 7.90. The molecule has 0 aliphatic rings. The zero-order chi connectivity index (χ0) is 26.8. The molecule has 2 nitrogen and oxygen atoms in total. The number of carbonyl (C=O) groups excluding carboxylic acids is 1. The Balaban J connectivity index is 2.49. The summed E-state index contributed by atoms with van der Waals surface area (Å²) in [7, 11) is 0. The van der Waals surface area contributed by atoms with E-state index in [1.807, 2.05) is 6.07 Å². The summed E-state index contributed by atoms with van der Waals surface area (Å²) < 4.78 is 6.23. The normalized spacial score (nSPS) is 12.9. The summed E-state index contributed by atoms with van der Waals surface area (Å²) in [6, 6.07) is 10.4. The number of benzene rings is 1. The van der Waals surface area contributed by atoms with E-state index in [1.165, 1.54) is 103 Å². The van der Waals surface area contributed by atoms with Crippen LogP contribution in [0, 0.1) is 5.92 Å². The largest absolute Gasteiger partial charge is 0.457 e. The fraction of sp³-hybridized carbons (Fsp3) is 0.800. The zero-order valence-corrected chi connectivity index (χ0v) is 25.1. The van der Waals surface area contributed by atoms with E-state index < -0.39 is 0 Å². The Bertz CT molecular complexity index is 611. The van der Waals surface area contributed by atoms with Gasteiger partial charge in [0.1, 0.15) is 6.10 Å². The SMILES string of the molecule is CCCCCCCCCCCCC(CCCCCCCCCC)C(=O)OC(CCCC)c1ccccc1. The van der Waals surface area contributed by atoms with E-state index in [1.54, 1.807) is 0 Å². The lowest BCUT2D eigenvalue weighted by molar-refractivity contribution is -0.155. The van der Waals surface area contributed by atoms with E-state index in [0.717, 1.165) is 50.5 Å². The molecule has 0 radical (unpaired) electrons. The van der Waals surface area contributed by atoms with Crippen molar-refractivity contribution in [2.45, 2.75) is 175 Å². The lowest BCUT2D eigenvalue weighted by Gasteiger charge is -2.22. The van der Waals surface area contributed by atoms with Crippen molar-refractivity contribution in [1.29, 1.82) is 0 Å². The maximum atomic E-state index is 13.4. The van der Waals surface area contributed by atoms with E-state index in [-0.39, 0.29) is 18.0 Å². The molecule has 37 heavy (non-hydrogen) atoms. The smallest absolute Gasteiger partial charge is 0.309 e. The van der Waals surface area contributed by atoms with Crippen molar-refractivity contribution in [1.82, 2.24) is 0 Å². The Morgan fingerprint density at radius 3 is 1.38 bits per heavy atom. The Morgan fingerprint density at radius 2 is 0.946 bits per heavy atom. The monoisotopic (exact) mass is 514 g/mol. The van der Waals surface area contributed by atoms with Gasteiger partial charge in [0, 0.05) is 0 Å². The fourth-order valence-electron chi connectivity index (χ4n) is 5.37. The molecule has 1 aromatic rings. The van der Waals surface area contributed by atoms with Crippen LogP contribution in [0.4, 0.5) is 0 Å². The van der Waals surface area contributed by atoms with E-state index >= 15 is 0 Å². The summed E-state index contributed by atoms with van der Waals surface area (Å²) in [6.45, 7) is 6.77. The third kappa shape index (κ3) is 18.6. The van der Waals surface area contributed by atoms with Crippen molar-refractivity contribution in [3.63, 3.8) is 0 Å². The van der Waals surface area contributed by atoms with Crippen molar-refractivity contribution in [3.05, 3.63) is 35.9 Å². The molecule has 0 fully saturated rings. The Morgan fingerprint density at radius 1 is 0.541 bits per heavy atom. The van der Waals surface area contributed by atoms with Gasteiger partial charge in [-0.25, -0.2) is 0 Å². The molecule has 0 heterocycles. The van der Waals surface area contributed by atoms with Gasteiger partial charge < -0.3 is 4.74 Å². The van der Waals surface area contributed by atoms with Crippen LogP contribution in [0.3, 0.4) is 0 Å². The quantitative estimate of drug-likeness (QED) is 0.0907. The van der Waals surface area contributed by atoms with Gasteiger partial charge in [0.2, 0.25) is 0 Å². The molecule has 0 saturated carbocycles. The maximum Gasteiger partial charge on any atom is 0.309 e. The lowest BCUT2D eigenvalue weighted by atomic mass is 9.93. The van der Waals surface area contributed by atoms with Gasteiger partial charge in [-0.2, -0.15) is 0 Å². The number of ether oxygens (including phenoxy) is 1. The number of esters is 1. The number of hydrogen-bond donors (Lipinski definition) is 0. The van der Waals surface area contributed by atoms with Crippen molar-refractivity contribution in [2.75, 3.05) is 0 Å². The molecule has 0 aromatic heterocycles. The zero-order valence-electron chi connectivity index (χ0n) is 25.1. The van der Waals surface area contributed by atoms with Crippen LogP contribution in [0.2, 0.25) is 0 Å². The van der Waals surface area contributed by atoms with Gasteiger partial charge in [-0.15, -0.1) is 0 Å². The van der Waals surface area contributed by atoms with Gasteiger partial charge >= 0.3 is 5.97 Å². The summed E-state index contributed by atoms with van der Waals surface area (Å²) in [5.41, 5.74) is 1.15. The van der Waals surface area contributed by atoms with Gasteiger partial charge in [0.15, 0.2) is 0 Å². The molecule has 0 aliphatic heterocycles. The third-order valence-corrected chi connectivity index (χ3v) is 7.90. The van der Waals surface area contributed by atoms with Gasteiger partial charge in [-0.1, -0.05) is 173 Å². The van der Waals surface area contributed by atoms with Crippen LogP contribution in [-0.2, 0) is 9.53 Å². The van der Waals surface area contributed by atoms with Crippen LogP contribution in [0.25, 0.3) is 0 Å². The van der Waals surface area contributed by atoms with Crippen LogP contribution in [0.5, 0.6) is 0 Å². The molecule has 2 heteroatoms. The minimum absolute atomic E-state index is 0.0591. The van der Waals surface area contributed by atoms with Crippen molar-refractivity contribution < 1.29 is 9.53 Å². The molecular weight excluding hydrogens is 452 g/mol. The Hall–Kier alpha value is -1.31. The van der Waals surface area contributed by atoms with Crippen LogP contribution in [0.1, 0.15) is 180 Å². The fourth-order valence-corrected chi connectivity index (χ4v) is 5.37. The summed E-state index contributed by atoms with van der Waals surface area (Å²) in [5, 5.41) is 0. The Kier molecular flexibility index (Phi) is 22.8. The van der Waals surface area contributed by atoms with Crippen LogP contribution >= 0.6 is 0 Å². The van der Waals surface area contributed by atoms with Gasteiger partial charge in [0.25, 0.3) is 0 Å². The van der Waals surface area contributed by atoms with Gasteiger partial charge in [-0.3, -0.25) is 4.79 Å². The van der Waals surface area contributed by atoms with E-state index in [2.05, 4.69) is 45.0 Å². The molecule has 0 bridgehead atoms. The minimum atomic E-state index is -0.0950. The van der Waals surface area contributed by atoms with Crippen molar-refractivity contribution in [2.24, 2.45) is 5.92 Å². The number of unbranched alkanes of at least 4 members (excludes halogenated alkanes) is 17. The first-order chi connectivity index (χ1) is 18.2. The second kappa shape index (κ2) is 25.0. The molecule has 0 saturated heterocycles. The summed E-state index contributed by atoms with van der Waals surface area (Å²) in [4.78, 5) is 13.4. The van der Waals surface area contributed by atoms with Crippen molar-refractivity contribution >= 4 is 5.97 Å². The van der Waals surface area contributed by atoms with E-state index in [0.29, 0.717) is 0 Å². The lowest BCUT2D eigenvalue weighted by Crippen LogP contribution is -2.21. The first-order valence-corrected chi connectivity index (χ1v) is 16.5. The summed E-state index contributed by atoms with van der Waals surface area (Å²) in [5.74, 6) is 0.130. The summed E-state index contributed by atoms with van der Waals surface area (Å²) >= 11 is 0. The standard InChI is InChI=1S/C35H62O2/c1-4-7-10-12-14-16-17-19-21-24-30-33(29-23-20-18-15-13-11-8-5-2)35(36)37-34(31-9-6-3)32-27-25-22-26-28-32/h22,25-28,33-34H,4-21,23-24,29-31H2,1-3H3.